The maximum Gasteiger partial charge on any atom is 0.128 e. The molecular formula is C12H18O2. The van der Waals surface area contributed by atoms with Crippen LogP contribution in [0.2, 0.25) is 0 Å². The molecular weight excluding hydrogens is 176 g/mol. The number of ether oxygens (including phenoxy) is 1. The molecule has 1 aromatic rings. The molecule has 1 rings (SSSR count). The second-order valence-electron chi connectivity index (χ2n) is 3.89. The van der Waals surface area contributed by atoms with Crippen LogP contribution in [0.5, 0.6) is 5.75 Å². The number of aliphatic hydroxyl groups excluding tert-OH is 1. The Bertz CT molecular complexity index is 316. The summed E-state index contributed by atoms with van der Waals surface area (Å²) >= 11 is 0. The third-order valence-corrected chi connectivity index (χ3v) is 2.02. The van der Waals surface area contributed by atoms with E-state index in [1.807, 2.05) is 33.8 Å². The lowest BCUT2D eigenvalue weighted by Crippen LogP contribution is -2.09. The summed E-state index contributed by atoms with van der Waals surface area (Å²) in [7, 11) is 0. The number of benzene rings is 1. The molecule has 0 amide bonds. The van der Waals surface area contributed by atoms with Crippen molar-refractivity contribution in [3.63, 3.8) is 0 Å². The van der Waals surface area contributed by atoms with Crippen molar-refractivity contribution in [2.24, 2.45) is 0 Å². The van der Waals surface area contributed by atoms with E-state index in [4.69, 9.17) is 4.74 Å². The van der Waals surface area contributed by atoms with Crippen LogP contribution in [-0.4, -0.2) is 11.2 Å². The Morgan fingerprint density at radius 1 is 1.29 bits per heavy atom. The molecule has 0 atom stereocenters. The molecule has 0 unspecified atom stereocenters. The van der Waals surface area contributed by atoms with Crippen molar-refractivity contribution >= 4 is 0 Å². The standard InChI is InChI=1S/C12H18O2/c1-8(2)14-12-10(4)5-9(3)6-11(12)7-13/h5-6,8,13H,7H2,1-4H3. The van der Waals surface area contributed by atoms with E-state index in [-0.39, 0.29) is 12.7 Å². The zero-order valence-corrected chi connectivity index (χ0v) is 9.29. The molecule has 0 bridgehead atoms. The predicted octanol–water partition coefficient (Wildman–Crippen LogP) is 2.58. The lowest BCUT2D eigenvalue weighted by atomic mass is 10.1. The Kier molecular flexibility index (Phi) is 3.53. The first-order valence-electron chi connectivity index (χ1n) is 4.92. The van der Waals surface area contributed by atoms with Crippen molar-refractivity contribution in [3.8, 4) is 5.75 Å². The average Bonchev–Trinajstić information content (AvgIpc) is 2.08. The first-order chi connectivity index (χ1) is 6.54. The fourth-order valence-corrected chi connectivity index (χ4v) is 1.56. The Balaban J connectivity index is 3.11. The highest BCUT2D eigenvalue weighted by atomic mass is 16.5. The number of aliphatic hydroxyl groups is 1. The van der Waals surface area contributed by atoms with E-state index in [9.17, 15) is 5.11 Å². The van der Waals surface area contributed by atoms with Gasteiger partial charge in [-0.1, -0.05) is 17.7 Å². The monoisotopic (exact) mass is 194 g/mol. The van der Waals surface area contributed by atoms with E-state index in [2.05, 4.69) is 6.07 Å². The number of hydrogen-bond donors (Lipinski definition) is 1. The molecule has 0 aromatic heterocycles. The molecule has 0 heterocycles. The van der Waals surface area contributed by atoms with Crippen molar-refractivity contribution in [2.75, 3.05) is 0 Å². The van der Waals surface area contributed by atoms with Gasteiger partial charge in [0.25, 0.3) is 0 Å². The fourth-order valence-electron chi connectivity index (χ4n) is 1.56. The van der Waals surface area contributed by atoms with Gasteiger partial charge in [-0.15, -0.1) is 0 Å². The smallest absolute Gasteiger partial charge is 0.128 e. The van der Waals surface area contributed by atoms with Gasteiger partial charge in [0.05, 0.1) is 12.7 Å². The Hall–Kier alpha value is -1.02. The summed E-state index contributed by atoms with van der Waals surface area (Å²) in [5, 5.41) is 9.20. The quantitative estimate of drug-likeness (QED) is 0.801. The van der Waals surface area contributed by atoms with Crippen molar-refractivity contribution in [2.45, 2.75) is 40.4 Å². The Morgan fingerprint density at radius 2 is 1.93 bits per heavy atom. The SMILES string of the molecule is Cc1cc(C)c(OC(C)C)c(CO)c1. The molecule has 0 saturated carbocycles. The lowest BCUT2D eigenvalue weighted by molar-refractivity contribution is 0.224. The molecule has 2 nitrogen and oxygen atoms in total. The van der Waals surface area contributed by atoms with E-state index >= 15 is 0 Å². The van der Waals surface area contributed by atoms with E-state index in [1.165, 1.54) is 0 Å². The van der Waals surface area contributed by atoms with Crippen molar-refractivity contribution < 1.29 is 9.84 Å². The van der Waals surface area contributed by atoms with Gasteiger partial charge in [0.1, 0.15) is 5.75 Å². The first-order valence-corrected chi connectivity index (χ1v) is 4.92. The second kappa shape index (κ2) is 4.47. The van der Waals surface area contributed by atoms with Gasteiger partial charge < -0.3 is 9.84 Å². The van der Waals surface area contributed by atoms with Crippen LogP contribution < -0.4 is 4.74 Å². The first kappa shape index (κ1) is 11.1. The zero-order chi connectivity index (χ0) is 10.7. The lowest BCUT2D eigenvalue weighted by Gasteiger charge is -2.16. The van der Waals surface area contributed by atoms with Crippen LogP contribution in [-0.2, 0) is 6.61 Å². The highest BCUT2D eigenvalue weighted by Crippen LogP contribution is 2.26. The molecule has 0 fully saturated rings. The van der Waals surface area contributed by atoms with E-state index in [0.29, 0.717) is 0 Å². The normalized spacial score (nSPS) is 10.7. The number of hydrogen-bond acceptors (Lipinski definition) is 2. The molecule has 0 spiro atoms. The molecule has 0 aliphatic carbocycles. The van der Waals surface area contributed by atoms with E-state index < -0.39 is 0 Å². The van der Waals surface area contributed by atoms with Gasteiger partial charge in [0, 0.05) is 5.56 Å². The van der Waals surface area contributed by atoms with Gasteiger partial charge in [-0.05, 0) is 33.3 Å². The molecule has 0 saturated heterocycles. The molecule has 2 heteroatoms. The predicted molar refractivity (Wildman–Crippen MR) is 57.6 cm³/mol. The third kappa shape index (κ3) is 2.48. The highest BCUT2D eigenvalue weighted by Gasteiger charge is 2.08. The molecule has 1 aromatic carbocycles. The Labute approximate surface area is 85.5 Å². The third-order valence-electron chi connectivity index (χ3n) is 2.02. The van der Waals surface area contributed by atoms with Gasteiger partial charge >= 0.3 is 0 Å². The van der Waals surface area contributed by atoms with Gasteiger partial charge in [-0.3, -0.25) is 0 Å². The number of aryl methyl sites for hydroxylation is 2. The summed E-state index contributed by atoms with van der Waals surface area (Å²) in [4.78, 5) is 0. The Morgan fingerprint density at radius 3 is 2.43 bits per heavy atom. The van der Waals surface area contributed by atoms with E-state index in [1.54, 1.807) is 0 Å². The van der Waals surface area contributed by atoms with Gasteiger partial charge in [0.2, 0.25) is 0 Å². The summed E-state index contributed by atoms with van der Waals surface area (Å²) < 4.78 is 5.66. The van der Waals surface area contributed by atoms with Gasteiger partial charge in [-0.25, -0.2) is 0 Å². The summed E-state index contributed by atoms with van der Waals surface area (Å²) in [5.41, 5.74) is 3.11. The van der Waals surface area contributed by atoms with Crippen LogP contribution in [0.3, 0.4) is 0 Å². The van der Waals surface area contributed by atoms with Crippen LogP contribution in [0, 0.1) is 13.8 Å². The van der Waals surface area contributed by atoms with Crippen molar-refractivity contribution in [3.05, 3.63) is 28.8 Å². The van der Waals surface area contributed by atoms with Crippen LogP contribution in [0.25, 0.3) is 0 Å². The van der Waals surface area contributed by atoms with Crippen LogP contribution >= 0.6 is 0 Å². The minimum absolute atomic E-state index is 0.0323. The molecule has 78 valence electrons. The van der Waals surface area contributed by atoms with E-state index in [0.717, 1.165) is 22.4 Å². The molecule has 0 aliphatic rings. The van der Waals surface area contributed by atoms with Gasteiger partial charge in [0.15, 0.2) is 0 Å². The second-order valence-corrected chi connectivity index (χ2v) is 3.89. The minimum atomic E-state index is 0.0323. The minimum Gasteiger partial charge on any atom is -0.490 e. The summed E-state index contributed by atoms with van der Waals surface area (Å²) in [5.74, 6) is 0.827. The van der Waals surface area contributed by atoms with Gasteiger partial charge in [-0.2, -0.15) is 0 Å². The zero-order valence-electron chi connectivity index (χ0n) is 9.29. The average molecular weight is 194 g/mol. The fraction of sp³-hybridized carbons (Fsp3) is 0.500. The van der Waals surface area contributed by atoms with Crippen LogP contribution in [0.15, 0.2) is 12.1 Å². The molecule has 0 radical (unpaired) electrons. The molecule has 0 aliphatic heterocycles. The highest BCUT2D eigenvalue weighted by molar-refractivity contribution is 5.43. The summed E-state index contributed by atoms with van der Waals surface area (Å²) in [6.07, 6.45) is 0.140. The molecule has 1 N–H and O–H groups in total. The van der Waals surface area contributed by atoms with Crippen LogP contribution in [0.1, 0.15) is 30.5 Å². The largest absolute Gasteiger partial charge is 0.490 e. The number of rotatable bonds is 3. The van der Waals surface area contributed by atoms with Crippen LogP contribution in [0.4, 0.5) is 0 Å². The maximum atomic E-state index is 9.20. The van der Waals surface area contributed by atoms with Crippen molar-refractivity contribution in [1.82, 2.24) is 0 Å². The summed E-state index contributed by atoms with van der Waals surface area (Å²) in [6, 6.07) is 4.03. The topological polar surface area (TPSA) is 29.5 Å². The maximum absolute atomic E-state index is 9.20. The van der Waals surface area contributed by atoms with Crippen molar-refractivity contribution in [1.29, 1.82) is 0 Å². The molecule has 14 heavy (non-hydrogen) atoms. The summed E-state index contributed by atoms with van der Waals surface area (Å²) in [6.45, 7) is 8.03.